The third-order valence-electron chi connectivity index (χ3n) is 3.29. The highest BCUT2D eigenvalue weighted by Crippen LogP contribution is 2.24. The van der Waals surface area contributed by atoms with Crippen LogP contribution in [0.2, 0.25) is 0 Å². The van der Waals surface area contributed by atoms with E-state index in [1.165, 1.54) is 10.4 Å². The second-order valence-corrected chi connectivity index (χ2v) is 6.46. The summed E-state index contributed by atoms with van der Waals surface area (Å²) in [6.07, 6.45) is 0.326. The van der Waals surface area contributed by atoms with Gasteiger partial charge in [-0.25, -0.2) is 0 Å². The van der Waals surface area contributed by atoms with Crippen molar-refractivity contribution in [3.63, 3.8) is 0 Å². The second kappa shape index (κ2) is 7.38. The van der Waals surface area contributed by atoms with Crippen LogP contribution in [0.25, 0.3) is 0 Å². The number of carbonyl (C=O) groups is 1. The fraction of sp³-hybridized carbons (Fsp3) is 0.353. The standard InChI is InChI=1S/C17H21NO2S/c1-12-5-4-6-14(9-12)10-17(19)18-11-15(20-3)16-8-7-13(2)21-16/h4-9,15H,10-11H2,1-3H3,(H,18,19). The maximum absolute atomic E-state index is 12.0. The zero-order chi connectivity index (χ0) is 15.2. The number of methoxy groups -OCH3 is 1. The zero-order valence-corrected chi connectivity index (χ0v) is 13.5. The number of rotatable bonds is 6. The van der Waals surface area contributed by atoms with Crippen LogP contribution < -0.4 is 5.32 Å². The lowest BCUT2D eigenvalue weighted by Crippen LogP contribution is -2.30. The van der Waals surface area contributed by atoms with Gasteiger partial charge in [0.25, 0.3) is 0 Å². The highest BCUT2D eigenvalue weighted by Gasteiger charge is 2.14. The van der Waals surface area contributed by atoms with Crippen LogP contribution in [0, 0.1) is 13.8 Å². The third-order valence-corrected chi connectivity index (χ3v) is 4.39. The molecule has 1 N–H and O–H groups in total. The van der Waals surface area contributed by atoms with Gasteiger partial charge in [-0.1, -0.05) is 29.8 Å². The summed E-state index contributed by atoms with van der Waals surface area (Å²) in [6.45, 7) is 4.60. The number of carbonyl (C=O) groups excluding carboxylic acids is 1. The predicted molar refractivity (Wildman–Crippen MR) is 86.7 cm³/mol. The fourth-order valence-corrected chi connectivity index (χ4v) is 3.16. The first-order chi connectivity index (χ1) is 10.1. The summed E-state index contributed by atoms with van der Waals surface area (Å²) in [5.41, 5.74) is 2.21. The molecule has 1 unspecified atom stereocenters. The van der Waals surface area contributed by atoms with Gasteiger partial charge in [0.15, 0.2) is 0 Å². The average molecular weight is 303 g/mol. The summed E-state index contributed by atoms with van der Waals surface area (Å²) in [6, 6.07) is 12.1. The third kappa shape index (κ3) is 4.69. The number of thiophene rings is 1. The van der Waals surface area contributed by atoms with Crippen molar-refractivity contribution >= 4 is 17.2 Å². The van der Waals surface area contributed by atoms with Crippen LogP contribution in [0.3, 0.4) is 0 Å². The van der Waals surface area contributed by atoms with Gasteiger partial charge in [0.1, 0.15) is 6.10 Å². The Morgan fingerprint density at radius 2 is 2.10 bits per heavy atom. The van der Waals surface area contributed by atoms with E-state index >= 15 is 0 Å². The first kappa shape index (κ1) is 15.7. The van der Waals surface area contributed by atoms with E-state index < -0.39 is 0 Å². The van der Waals surface area contributed by atoms with Crippen molar-refractivity contribution in [3.05, 3.63) is 57.3 Å². The molecule has 1 atom stereocenters. The summed E-state index contributed by atoms with van der Waals surface area (Å²) >= 11 is 1.70. The van der Waals surface area contributed by atoms with E-state index in [1.54, 1.807) is 18.4 Å². The van der Waals surface area contributed by atoms with Crippen LogP contribution in [-0.4, -0.2) is 19.6 Å². The molecule has 1 aromatic heterocycles. The van der Waals surface area contributed by atoms with Gasteiger partial charge in [-0.05, 0) is 31.5 Å². The Kier molecular flexibility index (Phi) is 5.53. The molecule has 0 aliphatic heterocycles. The summed E-state index contributed by atoms with van der Waals surface area (Å²) < 4.78 is 5.47. The Morgan fingerprint density at radius 1 is 1.29 bits per heavy atom. The number of ether oxygens (including phenoxy) is 1. The Hall–Kier alpha value is -1.65. The molecule has 0 fully saturated rings. The molecule has 112 valence electrons. The van der Waals surface area contributed by atoms with Crippen molar-refractivity contribution in [1.29, 1.82) is 0 Å². The highest BCUT2D eigenvalue weighted by molar-refractivity contribution is 7.12. The van der Waals surface area contributed by atoms with E-state index in [4.69, 9.17) is 4.74 Å². The minimum absolute atomic E-state index is 0.0240. The molecule has 2 rings (SSSR count). The SMILES string of the molecule is COC(CNC(=O)Cc1cccc(C)c1)c1ccc(C)s1. The number of hydrogen-bond donors (Lipinski definition) is 1. The number of aryl methyl sites for hydroxylation is 2. The summed E-state index contributed by atoms with van der Waals surface area (Å²) in [7, 11) is 1.67. The first-order valence-corrected chi connectivity index (χ1v) is 7.81. The summed E-state index contributed by atoms with van der Waals surface area (Å²) in [5.74, 6) is 0.0240. The predicted octanol–water partition coefficient (Wildman–Crippen LogP) is 3.41. The van der Waals surface area contributed by atoms with Crippen molar-refractivity contribution < 1.29 is 9.53 Å². The zero-order valence-electron chi connectivity index (χ0n) is 12.7. The van der Waals surface area contributed by atoms with E-state index in [9.17, 15) is 4.79 Å². The van der Waals surface area contributed by atoms with Crippen molar-refractivity contribution in [2.24, 2.45) is 0 Å². The summed E-state index contributed by atoms with van der Waals surface area (Å²) in [5, 5.41) is 2.95. The molecule has 3 nitrogen and oxygen atoms in total. The minimum Gasteiger partial charge on any atom is -0.374 e. The molecule has 0 aliphatic rings. The van der Waals surface area contributed by atoms with Crippen LogP contribution in [0.15, 0.2) is 36.4 Å². The van der Waals surface area contributed by atoms with Crippen molar-refractivity contribution in [2.75, 3.05) is 13.7 Å². The number of hydrogen-bond acceptors (Lipinski definition) is 3. The lowest BCUT2D eigenvalue weighted by atomic mass is 10.1. The van der Waals surface area contributed by atoms with Gasteiger partial charge in [-0.3, -0.25) is 4.79 Å². The molecule has 1 amide bonds. The highest BCUT2D eigenvalue weighted by atomic mass is 32.1. The Labute approximate surface area is 130 Å². The molecule has 0 radical (unpaired) electrons. The Bertz CT molecular complexity index is 606. The van der Waals surface area contributed by atoms with E-state index in [1.807, 2.05) is 31.2 Å². The van der Waals surface area contributed by atoms with Gasteiger partial charge in [0, 0.05) is 23.4 Å². The molecular formula is C17H21NO2S. The molecule has 1 aromatic carbocycles. The largest absolute Gasteiger partial charge is 0.374 e. The Morgan fingerprint density at radius 3 is 2.71 bits per heavy atom. The molecular weight excluding hydrogens is 282 g/mol. The molecule has 1 heterocycles. The van der Waals surface area contributed by atoms with Crippen LogP contribution in [0.4, 0.5) is 0 Å². The lowest BCUT2D eigenvalue weighted by Gasteiger charge is -2.14. The van der Waals surface area contributed by atoms with Gasteiger partial charge < -0.3 is 10.1 Å². The Balaban J connectivity index is 1.88. The number of nitrogens with one attached hydrogen (secondary N) is 1. The van der Waals surface area contributed by atoms with Gasteiger partial charge in [-0.2, -0.15) is 0 Å². The van der Waals surface area contributed by atoms with Crippen molar-refractivity contribution in [3.8, 4) is 0 Å². The van der Waals surface area contributed by atoms with E-state index in [-0.39, 0.29) is 12.0 Å². The quantitative estimate of drug-likeness (QED) is 0.888. The monoisotopic (exact) mass is 303 g/mol. The minimum atomic E-state index is -0.0786. The molecule has 0 spiro atoms. The molecule has 4 heteroatoms. The lowest BCUT2D eigenvalue weighted by molar-refractivity contribution is -0.121. The van der Waals surface area contributed by atoms with Crippen molar-refractivity contribution in [2.45, 2.75) is 26.4 Å². The number of benzene rings is 1. The molecule has 0 aliphatic carbocycles. The van der Waals surface area contributed by atoms with Gasteiger partial charge in [0.05, 0.1) is 6.42 Å². The van der Waals surface area contributed by atoms with Gasteiger partial charge in [-0.15, -0.1) is 11.3 Å². The van der Waals surface area contributed by atoms with Crippen LogP contribution in [0.1, 0.15) is 27.0 Å². The van der Waals surface area contributed by atoms with Gasteiger partial charge >= 0.3 is 0 Å². The molecule has 0 saturated carbocycles. The normalized spacial score (nSPS) is 12.1. The number of amides is 1. The molecule has 0 bridgehead atoms. The second-order valence-electron chi connectivity index (χ2n) is 5.14. The van der Waals surface area contributed by atoms with Crippen LogP contribution >= 0.6 is 11.3 Å². The maximum atomic E-state index is 12.0. The average Bonchev–Trinajstić information content (AvgIpc) is 2.86. The van der Waals surface area contributed by atoms with E-state index in [0.717, 1.165) is 10.4 Å². The van der Waals surface area contributed by atoms with Crippen molar-refractivity contribution in [1.82, 2.24) is 5.32 Å². The first-order valence-electron chi connectivity index (χ1n) is 7.00. The molecule has 2 aromatic rings. The summed E-state index contributed by atoms with van der Waals surface area (Å²) in [4.78, 5) is 14.4. The van der Waals surface area contributed by atoms with Crippen LogP contribution in [0.5, 0.6) is 0 Å². The van der Waals surface area contributed by atoms with E-state index in [2.05, 4.69) is 24.4 Å². The maximum Gasteiger partial charge on any atom is 0.224 e. The smallest absolute Gasteiger partial charge is 0.224 e. The fourth-order valence-electron chi connectivity index (χ4n) is 2.20. The van der Waals surface area contributed by atoms with Crippen LogP contribution in [-0.2, 0) is 16.0 Å². The van der Waals surface area contributed by atoms with E-state index in [0.29, 0.717) is 13.0 Å². The topological polar surface area (TPSA) is 38.3 Å². The molecule has 0 saturated heterocycles. The molecule has 21 heavy (non-hydrogen) atoms. The van der Waals surface area contributed by atoms with Gasteiger partial charge in [0.2, 0.25) is 5.91 Å².